The van der Waals surface area contributed by atoms with Crippen LogP contribution in [0.5, 0.6) is 0 Å². The molecular formula is C17H20N4O. The smallest absolute Gasteiger partial charge is 0.227 e. The molecule has 1 aromatic heterocycles. The molecule has 2 atom stereocenters. The van der Waals surface area contributed by atoms with Gasteiger partial charge in [0.25, 0.3) is 0 Å². The van der Waals surface area contributed by atoms with Crippen LogP contribution in [0.3, 0.4) is 0 Å². The Kier molecular flexibility index (Phi) is 3.42. The number of carbonyl (C=O) groups excluding carboxylic acids is 1. The van der Waals surface area contributed by atoms with E-state index in [0.29, 0.717) is 18.3 Å². The highest BCUT2D eigenvalue weighted by Crippen LogP contribution is 2.26. The molecule has 5 heteroatoms. The Bertz CT molecular complexity index is 638. The highest BCUT2D eigenvalue weighted by molar-refractivity contribution is 5.79. The molecule has 2 aliphatic heterocycles. The molecule has 4 rings (SSSR count). The number of nitrogens with zero attached hydrogens (tertiary/aromatic N) is 3. The highest BCUT2D eigenvalue weighted by atomic mass is 16.2. The minimum absolute atomic E-state index is 0.251. The van der Waals surface area contributed by atoms with Crippen LogP contribution in [0, 0.1) is 11.8 Å². The summed E-state index contributed by atoms with van der Waals surface area (Å²) in [6.07, 6.45) is 4.17. The summed E-state index contributed by atoms with van der Waals surface area (Å²) in [6.45, 7) is 3.96. The number of hydrogen-bond donors (Lipinski definition) is 1. The van der Waals surface area contributed by atoms with Crippen LogP contribution < -0.4 is 5.32 Å². The third-order valence-electron chi connectivity index (χ3n) is 4.80. The minimum atomic E-state index is 0.251. The molecule has 0 bridgehead atoms. The first-order valence-corrected chi connectivity index (χ1v) is 7.87. The number of nitrogens with one attached hydrogen (secondary N) is 1. The Morgan fingerprint density at radius 1 is 1.18 bits per heavy atom. The molecule has 0 unspecified atom stereocenters. The number of likely N-dealkylation sites (tertiary alicyclic amines) is 1. The Hall–Kier alpha value is -2.14. The van der Waals surface area contributed by atoms with Crippen molar-refractivity contribution in [2.75, 3.05) is 26.2 Å². The summed E-state index contributed by atoms with van der Waals surface area (Å²) >= 11 is 0. The van der Waals surface area contributed by atoms with Crippen molar-refractivity contribution in [2.24, 2.45) is 11.8 Å². The van der Waals surface area contributed by atoms with Crippen LogP contribution in [-0.2, 0) is 11.2 Å². The van der Waals surface area contributed by atoms with Crippen molar-refractivity contribution >= 4 is 5.91 Å². The van der Waals surface area contributed by atoms with Gasteiger partial charge in [0.05, 0.1) is 12.1 Å². The van der Waals surface area contributed by atoms with Crippen LogP contribution in [0.15, 0.2) is 42.7 Å². The molecule has 2 aliphatic rings. The second-order valence-corrected chi connectivity index (χ2v) is 6.27. The highest BCUT2D eigenvalue weighted by Gasteiger charge is 2.37. The maximum Gasteiger partial charge on any atom is 0.227 e. The summed E-state index contributed by atoms with van der Waals surface area (Å²) in [6, 6.07) is 9.97. The molecule has 0 saturated carbocycles. The summed E-state index contributed by atoms with van der Waals surface area (Å²) in [5, 5.41) is 7.61. The first-order valence-electron chi connectivity index (χ1n) is 7.87. The van der Waals surface area contributed by atoms with E-state index in [1.165, 1.54) is 0 Å². The van der Waals surface area contributed by atoms with Crippen LogP contribution in [0.1, 0.15) is 5.56 Å². The lowest BCUT2D eigenvalue weighted by Gasteiger charge is -2.17. The maximum absolute atomic E-state index is 12.4. The molecule has 1 amide bonds. The van der Waals surface area contributed by atoms with Gasteiger partial charge in [0.2, 0.25) is 5.91 Å². The lowest BCUT2D eigenvalue weighted by molar-refractivity contribution is -0.129. The van der Waals surface area contributed by atoms with Gasteiger partial charge in [-0.2, -0.15) is 5.10 Å². The lowest BCUT2D eigenvalue weighted by atomic mass is 10.0. The molecule has 0 aliphatic carbocycles. The van der Waals surface area contributed by atoms with Crippen LogP contribution in [0.2, 0.25) is 0 Å². The zero-order chi connectivity index (χ0) is 14.9. The van der Waals surface area contributed by atoms with Gasteiger partial charge in [-0.05, 0) is 35.6 Å². The van der Waals surface area contributed by atoms with Crippen molar-refractivity contribution in [3.8, 4) is 5.69 Å². The largest absolute Gasteiger partial charge is 0.342 e. The number of rotatable bonds is 3. The molecule has 22 heavy (non-hydrogen) atoms. The molecule has 0 radical (unpaired) electrons. The maximum atomic E-state index is 12.4. The predicted octanol–water partition coefficient (Wildman–Crippen LogP) is 1.09. The second kappa shape index (κ2) is 5.57. The number of fused-ring (bicyclic) bond motifs is 1. The van der Waals surface area contributed by atoms with Gasteiger partial charge in [0.1, 0.15) is 0 Å². The molecule has 1 N–H and O–H groups in total. The molecule has 2 fully saturated rings. The average molecular weight is 296 g/mol. The monoisotopic (exact) mass is 296 g/mol. The lowest BCUT2D eigenvalue weighted by Crippen LogP contribution is -2.32. The Morgan fingerprint density at radius 3 is 2.55 bits per heavy atom. The van der Waals surface area contributed by atoms with Gasteiger partial charge in [-0.1, -0.05) is 12.1 Å². The van der Waals surface area contributed by atoms with E-state index in [1.807, 2.05) is 46.1 Å². The average Bonchev–Trinajstić information content (AvgIpc) is 3.24. The molecule has 0 spiro atoms. The van der Waals surface area contributed by atoms with Gasteiger partial charge in [0, 0.05) is 38.6 Å². The van der Waals surface area contributed by atoms with Gasteiger partial charge in [-0.3, -0.25) is 4.79 Å². The van der Waals surface area contributed by atoms with Crippen molar-refractivity contribution < 1.29 is 4.79 Å². The van der Waals surface area contributed by atoms with Crippen molar-refractivity contribution in [3.05, 3.63) is 48.3 Å². The zero-order valence-corrected chi connectivity index (χ0v) is 12.5. The van der Waals surface area contributed by atoms with E-state index in [-0.39, 0.29) is 5.91 Å². The van der Waals surface area contributed by atoms with Gasteiger partial charge in [-0.25, -0.2) is 4.68 Å². The number of carbonyl (C=O) groups is 1. The number of amides is 1. The molecule has 1 aromatic carbocycles. The van der Waals surface area contributed by atoms with Crippen molar-refractivity contribution in [3.63, 3.8) is 0 Å². The predicted molar refractivity (Wildman–Crippen MR) is 83.7 cm³/mol. The fraction of sp³-hybridized carbons (Fsp3) is 0.412. The Balaban J connectivity index is 1.40. The Labute approximate surface area is 129 Å². The van der Waals surface area contributed by atoms with E-state index in [4.69, 9.17) is 0 Å². The van der Waals surface area contributed by atoms with Crippen LogP contribution >= 0.6 is 0 Å². The fourth-order valence-electron chi connectivity index (χ4n) is 3.53. The number of hydrogen-bond acceptors (Lipinski definition) is 3. The summed E-state index contributed by atoms with van der Waals surface area (Å²) in [4.78, 5) is 14.5. The topological polar surface area (TPSA) is 50.2 Å². The van der Waals surface area contributed by atoms with E-state index in [2.05, 4.69) is 10.4 Å². The summed E-state index contributed by atoms with van der Waals surface area (Å²) in [5.41, 5.74) is 2.08. The molecule has 2 saturated heterocycles. The first kappa shape index (κ1) is 13.5. The normalized spacial score (nSPS) is 23.7. The van der Waals surface area contributed by atoms with Gasteiger partial charge >= 0.3 is 0 Å². The summed E-state index contributed by atoms with van der Waals surface area (Å²) in [5.74, 6) is 1.57. The van der Waals surface area contributed by atoms with E-state index in [1.54, 1.807) is 6.20 Å². The molecular weight excluding hydrogens is 276 g/mol. The summed E-state index contributed by atoms with van der Waals surface area (Å²) in [7, 11) is 0. The Morgan fingerprint density at radius 2 is 1.91 bits per heavy atom. The molecule has 3 heterocycles. The van der Waals surface area contributed by atoms with Gasteiger partial charge in [-0.15, -0.1) is 0 Å². The van der Waals surface area contributed by atoms with Crippen LogP contribution in [0.4, 0.5) is 0 Å². The first-order chi connectivity index (χ1) is 10.8. The zero-order valence-electron chi connectivity index (χ0n) is 12.5. The van der Waals surface area contributed by atoms with E-state index in [9.17, 15) is 4.79 Å². The number of benzene rings is 1. The van der Waals surface area contributed by atoms with Crippen LogP contribution in [0.25, 0.3) is 5.69 Å². The van der Waals surface area contributed by atoms with E-state index in [0.717, 1.165) is 37.4 Å². The van der Waals surface area contributed by atoms with Crippen molar-refractivity contribution in [1.29, 1.82) is 0 Å². The third kappa shape index (κ3) is 2.52. The summed E-state index contributed by atoms with van der Waals surface area (Å²) < 4.78 is 1.82. The van der Waals surface area contributed by atoms with Gasteiger partial charge in [0.15, 0.2) is 0 Å². The third-order valence-corrected chi connectivity index (χ3v) is 4.80. The van der Waals surface area contributed by atoms with Crippen molar-refractivity contribution in [1.82, 2.24) is 20.0 Å². The SMILES string of the molecule is O=C(Cc1ccc(-n2cccn2)cc1)N1C[C@H]2CNC[C@H]2C1. The quantitative estimate of drug-likeness (QED) is 0.922. The number of aromatic nitrogens is 2. The second-order valence-electron chi connectivity index (χ2n) is 6.27. The van der Waals surface area contributed by atoms with E-state index >= 15 is 0 Å². The fourth-order valence-corrected chi connectivity index (χ4v) is 3.53. The van der Waals surface area contributed by atoms with Crippen LogP contribution in [-0.4, -0.2) is 46.8 Å². The van der Waals surface area contributed by atoms with Gasteiger partial charge < -0.3 is 10.2 Å². The molecule has 5 nitrogen and oxygen atoms in total. The van der Waals surface area contributed by atoms with Crippen molar-refractivity contribution in [2.45, 2.75) is 6.42 Å². The standard InChI is InChI=1S/C17H20N4O/c22-17(20-11-14-9-18-10-15(14)12-20)8-13-2-4-16(5-3-13)21-7-1-6-19-21/h1-7,14-15,18H,8-12H2/t14-,15+. The minimum Gasteiger partial charge on any atom is -0.342 e. The van der Waals surface area contributed by atoms with E-state index < -0.39 is 0 Å². The molecule has 2 aromatic rings. The molecule has 114 valence electrons.